The van der Waals surface area contributed by atoms with Gasteiger partial charge in [-0.1, -0.05) is 256 Å². The van der Waals surface area contributed by atoms with Crippen LogP contribution in [0.1, 0.15) is 316 Å². The van der Waals surface area contributed by atoms with Crippen LogP contribution in [0.5, 0.6) is 0 Å². The minimum Gasteiger partial charge on any atom is -0.479 e. The van der Waals surface area contributed by atoms with Crippen molar-refractivity contribution in [3.63, 3.8) is 0 Å². The van der Waals surface area contributed by atoms with Crippen molar-refractivity contribution in [1.82, 2.24) is 0 Å². The van der Waals surface area contributed by atoms with Crippen molar-refractivity contribution in [3.05, 3.63) is 36.5 Å². The Morgan fingerprint density at radius 3 is 1.18 bits per heavy atom. The molecule has 460 valence electrons. The molecule has 0 radical (unpaired) electrons. The highest BCUT2D eigenvalue weighted by molar-refractivity contribution is 5.74. The summed E-state index contributed by atoms with van der Waals surface area (Å²) in [7, 11) is 0. The molecule has 6 unspecified atom stereocenters. The number of rotatable bonds is 57. The number of hydrogen-bond acceptors (Lipinski definition) is 11. The predicted molar refractivity (Wildman–Crippen MR) is 322 cm³/mol. The van der Waals surface area contributed by atoms with Gasteiger partial charge >= 0.3 is 23.9 Å². The van der Waals surface area contributed by atoms with Crippen LogP contribution >= 0.6 is 0 Å². The Labute approximate surface area is 482 Å². The number of allylic oxidation sites excluding steroid dienone is 6. The van der Waals surface area contributed by atoms with E-state index in [1.807, 2.05) is 0 Å². The summed E-state index contributed by atoms with van der Waals surface area (Å²) >= 11 is 0. The third-order valence-electron chi connectivity index (χ3n) is 15.2. The van der Waals surface area contributed by atoms with E-state index in [9.17, 15) is 34.5 Å². The highest BCUT2D eigenvalue weighted by Gasteiger charge is 2.50. The summed E-state index contributed by atoms with van der Waals surface area (Å²) in [5.41, 5.74) is 0. The van der Waals surface area contributed by atoms with Crippen LogP contribution in [0.25, 0.3) is 0 Å². The van der Waals surface area contributed by atoms with E-state index < -0.39 is 67.3 Å². The summed E-state index contributed by atoms with van der Waals surface area (Å²) in [6.07, 6.45) is 53.8. The number of carbonyl (C=O) groups excluding carboxylic acids is 3. The van der Waals surface area contributed by atoms with E-state index in [1.165, 1.54) is 167 Å². The van der Waals surface area contributed by atoms with E-state index in [-0.39, 0.29) is 25.9 Å². The van der Waals surface area contributed by atoms with Crippen LogP contribution in [0.4, 0.5) is 0 Å². The number of aliphatic hydroxyl groups is 2. The molecule has 0 saturated carbocycles. The lowest BCUT2D eigenvalue weighted by atomic mass is 9.98. The van der Waals surface area contributed by atoms with Gasteiger partial charge in [0.1, 0.15) is 18.8 Å². The van der Waals surface area contributed by atoms with E-state index in [0.29, 0.717) is 19.3 Å². The molecule has 1 aliphatic heterocycles. The summed E-state index contributed by atoms with van der Waals surface area (Å²) in [4.78, 5) is 51.3. The second-order valence-corrected chi connectivity index (χ2v) is 22.8. The first-order valence-electron chi connectivity index (χ1n) is 33.0. The predicted octanol–water partition coefficient (Wildman–Crippen LogP) is 17.6. The molecule has 1 fully saturated rings. The molecule has 0 aromatic heterocycles. The van der Waals surface area contributed by atoms with Crippen molar-refractivity contribution in [1.29, 1.82) is 0 Å². The van der Waals surface area contributed by atoms with Crippen LogP contribution in [0, 0.1) is 0 Å². The Hall–Kier alpha value is -3.06. The minimum absolute atomic E-state index is 0.0641. The Kier molecular flexibility index (Phi) is 51.9. The van der Waals surface area contributed by atoms with Crippen LogP contribution in [-0.4, -0.2) is 89.2 Å². The van der Waals surface area contributed by atoms with Gasteiger partial charge in [-0.15, -0.1) is 0 Å². The fraction of sp³-hybridized carbons (Fsp3) is 0.851. The average molecular weight is 1120 g/mol. The number of carboxylic acids is 1. The van der Waals surface area contributed by atoms with Crippen molar-refractivity contribution in [2.45, 2.75) is 353 Å². The maximum atomic E-state index is 13.2. The number of hydrogen-bond donors (Lipinski definition) is 3. The van der Waals surface area contributed by atoms with Crippen LogP contribution in [0.3, 0.4) is 0 Å². The topological polar surface area (TPSA) is 175 Å². The summed E-state index contributed by atoms with van der Waals surface area (Å²) in [6.45, 7) is 6.00. The zero-order valence-electron chi connectivity index (χ0n) is 50.9. The molecule has 0 aromatic carbocycles. The number of ether oxygens (including phenoxy) is 5. The monoisotopic (exact) mass is 1120 g/mol. The maximum Gasteiger partial charge on any atom is 0.335 e. The largest absolute Gasteiger partial charge is 0.479 e. The summed E-state index contributed by atoms with van der Waals surface area (Å²) in [5, 5.41) is 31.6. The van der Waals surface area contributed by atoms with E-state index in [4.69, 9.17) is 23.7 Å². The van der Waals surface area contributed by atoms with Gasteiger partial charge in [0.2, 0.25) is 0 Å². The molecular weight excluding hydrogens is 997 g/mol. The Bertz CT molecular complexity index is 1510. The van der Waals surface area contributed by atoms with Crippen molar-refractivity contribution >= 4 is 23.9 Å². The summed E-state index contributed by atoms with van der Waals surface area (Å²) in [5.74, 6) is -3.11. The molecule has 12 heteroatoms. The van der Waals surface area contributed by atoms with Gasteiger partial charge in [0, 0.05) is 19.3 Å². The number of esters is 3. The molecule has 79 heavy (non-hydrogen) atoms. The smallest absolute Gasteiger partial charge is 0.335 e. The zero-order chi connectivity index (χ0) is 57.5. The van der Waals surface area contributed by atoms with Crippen molar-refractivity contribution in [2.24, 2.45) is 0 Å². The molecule has 0 amide bonds. The van der Waals surface area contributed by atoms with E-state index in [2.05, 4.69) is 57.2 Å². The standard InChI is InChI=1S/C67H120O12/c1-4-7-10-13-16-19-22-25-28-30-33-35-38-41-44-47-50-53-59(68)75-56-58(77-60(69)54-51-48-45-42-39-36-32-27-24-21-18-15-12-9-6-3)57-76-67-65(63(72)62(71)64(79-67)66(73)74)78-61(70)55-52-49-46-43-40-37-34-31-29-26-23-20-17-14-11-8-5-2/h18,21,25,27-28,32,58,62-65,67,71-72H,4-17,19-20,22-24,26,29-31,33-57H2,1-3H3,(H,73,74)/b21-18-,28-25-,32-27-. The molecule has 1 aliphatic rings. The molecule has 0 aromatic rings. The first-order chi connectivity index (χ1) is 38.6. The van der Waals surface area contributed by atoms with Gasteiger partial charge < -0.3 is 39.0 Å². The highest BCUT2D eigenvalue weighted by atomic mass is 16.7. The summed E-state index contributed by atoms with van der Waals surface area (Å²) in [6, 6.07) is 0. The molecule has 0 spiro atoms. The van der Waals surface area contributed by atoms with Crippen molar-refractivity contribution in [2.75, 3.05) is 13.2 Å². The van der Waals surface area contributed by atoms with Gasteiger partial charge in [0.15, 0.2) is 24.6 Å². The minimum atomic E-state index is -1.90. The zero-order valence-corrected chi connectivity index (χ0v) is 50.9. The Morgan fingerprint density at radius 2 is 0.759 bits per heavy atom. The SMILES string of the molecule is CCCCC/C=C\C/C=C\CCCCCCCC(=O)OC(COC(=O)CCCCCCCCC/C=C\CCCCCCCC)COC1OC(C(=O)O)C(O)C(O)C1OC(=O)CCCCCCCCCCCCCCCCCCC. The average Bonchev–Trinajstić information content (AvgIpc) is 3.46. The van der Waals surface area contributed by atoms with Crippen LogP contribution < -0.4 is 0 Å². The third-order valence-corrected chi connectivity index (χ3v) is 15.2. The molecule has 0 aliphatic carbocycles. The number of aliphatic hydroxyl groups excluding tert-OH is 2. The fourth-order valence-corrected chi connectivity index (χ4v) is 10.1. The van der Waals surface area contributed by atoms with Crippen LogP contribution in [0.15, 0.2) is 36.5 Å². The van der Waals surface area contributed by atoms with Gasteiger partial charge in [0.05, 0.1) is 6.61 Å². The Balaban J connectivity index is 2.65. The van der Waals surface area contributed by atoms with Gasteiger partial charge in [-0.05, 0) is 77.0 Å². The lowest BCUT2D eigenvalue weighted by Gasteiger charge is -2.40. The lowest BCUT2D eigenvalue weighted by molar-refractivity contribution is -0.301. The summed E-state index contributed by atoms with van der Waals surface area (Å²) < 4.78 is 28.5. The number of aliphatic carboxylic acids is 1. The van der Waals surface area contributed by atoms with Crippen molar-refractivity contribution < 1.29 is 58.2 Å². The Morgan fingerprint density at radius 1 is 0.418 bits per heavy atom. The number of carboxylic acid groups (broad SMARTS) is 1. The molecule has 1 heterocycles. The molecular formula is C67H120O12. The molecule has 3 N–H and O–H groups in total. The molecule has 1 saturated heterocycles. The number of unbranched alkanes of at least 4 members (excludes halogenated alkanes) is 37. The fourth-order valence-electron chi connectivity index (χ4n) is 10.1. The first kappa shape index (κ1) is 74.0. The van der Waals surface area contributed by atoms with E-state index >= 15 is 0 Å². The molecule has 1 rings (SSSR count). The third kappa shape index (κ3) is 45.2. The lowest BCUT2D eigenvalue weighted by Crippen LogP contribution is -2.61. The normalized spacial score (nSPS) is 18.0. The van der Waals surface area contributed by atoms with Crippen LogP contribution in [-0.2, 0) is 42.9 Å². The van der Waals surface area contributed by atoms with Crippen LogP contribution in [0.2, 0.25) is 0 Å². The van der Waals surface area contributed by atoms with Gasteiger partial charge in [0.25, 0.3) is 0 Å². The second kappa shape index (κ2) is 55.5. The highest BCUT2D eigenvalue weighted by Crippen LogP contribution is 2.27. The van der Waals surface area contributed by atoms with Crippen molar-refractivity contribution in [3.8, 4) is 0 Å². The molecule has 6 atom stereocenters. The van der Waals surface area contributed by atoms with Gasteiger partial charge in [-0.3, -0.25) is 14.4 Å². The number of carbonyl (C=O) groups is 4. The molecule has 12 nitrogen and oxygen atoms in total. The quantitative estimate of drug-likeness (QED) is 0.0228. The van der Waals surface area contributed by atoms with E-state index in [0.717, 1.165) is 89.9 Å². The second-order valence-electron chi connectivity index (χ2n) is 22.8. The van der Waals surface area contributed by atoms with E-state index in [1.54, 1.807) is 0 Å². The van der Waals surface area contributed by atoms with Gasteiger partial charge in [-0.25, -0.2) is 4.79 Å². The maximum absolute atomic E-state index is 13.2. The van der Waals surface area contributed by atoms with Gasteiger partial charge in [-0.2, -0.15) is 0 Å². The first-order valence-corrected chi connectivity index (χ1v) is 33.0. The molecule has 0 bridgehead atoms.